The van der Waals surface area contributed by atoms with E-state index in [0.29, 0.717) is 19.8 Å². The van der Waals surface area contributed by atoms with Crippen LogP contribution in [0, 0.1) is 13.8 Å². The van der Waals surface area contributed by atoms with Gasteiger partial charge in [-0.2, -0.15) is 4.98 Å². The second kappa shape index (κ2) is 10.8. The predicted molar refractivity (Wildman–Crippen MR) is 157 cm³/mol. The van der Waals surface area contributed by atoms with Crippen molar-refractivity contribution >= 4 is 22.7 Å². The number of hydrogen-bond donors (Lipinski definition) is 1. The summed E-state index contributed by atoms with van der Waals surface area (Å²) in [5, 5.41) is 15.5. The molecule has 0 radical (unpaired) electrons. The van der Waals surface area contributed by atoms with Crippen molar-refractivity contribution in [3.8, 4) is 11.1 Å². The summed E-state index contributed by atoms with van der Waals surface area (Å²) in [6.07, 6.45) is 0. The standard InChI is InChI=1S/C31H38N6O3/c1-21-28(22(2)40-34-21)24-10-11-26-25(18-24)29(37-16-17-39-19-27(37)23-8-6-5-7-9-23)33-30(32-26)36-14-12-35(13-15-36)20-31(3,4)38/h5-11,18,27,38H,12-17,19-20H2,1-4H3. The number of aromatic nitrogens is 3. The summed E-state index contributed by atoms with van der Waals surface area (Å²) in [4.78, 5) is 17.3. The Morgan fingerprint density at radius 3 is 2.45 bits per heavy atom. The van der Waals surface area contributed by atoms with Gasteiger partial charge in [-0.3, -0.25) is 4.90 Å². The average molecular weight is 543 g/mol. The summed E-state index contributed by atoms with van der Waals surface area (Å²) < 4.78 is 11.5. The van der Waals surface area contributed by atoms with E-state index in [1.165, 1.54) is 5.56 Å². The van der Waals surface area contributed by atoms with E-state index in [1.807, 2.05) is 33.8 Å². The van der Waals surface area contributed by atoms with Gasteiger partial charge in [0.2, 0.25) is 5.95 Å². The van der Waals surface area contributed by atoms with Crippen LogP contribution in [0.1, 0.15) is 36.9 Å². The van der Waals surface area contributed by atoms with Gasteiger partial charge >= 0.3 is 0 Å². The molecular formula is C31H38N6O3. The normalized spacial score (nSPS) is 19.0. The first kappa shape index (κ1) is 26.7. The van der Waals surface area contributed by atoms with Crippen LogP contribution in [0.15, 0.2) is 53.1 Å². The van der Waals surface area contributed by atoms with E-state index < -0.39 is 5.60 Å². The number of morpholine rings is 1. The molecule has 0 saturated carbocycles. The Hall–Kier alpha value is -3.53. The lowest BCUT2D eigenvalue weighted by atomic mass is 10.0. The van der Waals surface area contributed by atoms with Gasteiger partial charge in [0, 0.05) is 50.2 Å². The average Bonchev–Trinajstić information content (AvgIpc) is 3.29. The maximum atomic E-state index is 10.3. The van der Waals surface area contributed by atoms with Crippen LogP contribution in [0.3, 0.4) is 0 Å². The molecule has 0 aliphatic carbocycles. The molecule has 0 amide bonds. The fourth-order valence-electron chi connectivity index (χ4n) is 5.97. The molecule has 1 N–H and O–H groups in total. The molecule has 1 atom stereocenters. The molecule has 210 valence electrons. The topological polar surface area (TPSA) is 91.0 Å². The number of ether oxygens (including phenoxy) is 1. The molecule has 6 rings (SSSR count). The highest BCUT2D eigenvalue weighted by molar-refractivity contribution is 5.94. The molecule has 2 aromatic carbocycles. The van der Waals surface area contributed by atoms with E-state index in [9.17, 15) is 5.11 Å². The number of β-amino-alcohol motifs (C(OH)–C–C–N with tert-alkyl or cyclic N) is 1. The molecule has 2 aliphatic heterocycles. The van der Waals surface area contributed by atoms with E-state index >= 15 is 0 Å². The highest BCUT2D eigenvalue weighted by Gasteiger charge is 2.30. The van der Waals surface area contributed by atoms with Crippen LogP contribution in [0.4, 0.5) is 11.8 Å². The number of fused-ring (bicyclic) bond motifs is 1. The Bertz CT molecular complexity index is 1450. The molecule has 0 bridgehead atoms. The third kappa shape index (κ3) is 5.41. The fourth-order valence-corrected chi connectivity index (χ4v) is 5.97. The van der Waals surface area contributed by atoms with Gasteiger partial charge in [0.25, 0.3) is 0 Å². The van der Waals surface area contributed by atoms with E-state index in [2.05, 4.69) is 62.3 Å². The molecule has 4 heterocycles. The summed E-state index contributed by atoms with van der Waals surface area (Å²) in [6.45, 7) is 13.6. The second-order valence-electron chi connectivity index (χ2n) is 11.5. The molecule has 2 fully saturated rings. The number of nitrogens with zero attached hydrogens (tertiary/aromatic N) is 6. The maximum Gasteiger partial charge on any atom is 0.227 e. The van der Waals surface area contributed by atoms with Crippen LogP contribution in [-0.4, -0.2) is 83.2 Å². The van der Waals surface area contributed by atoms with Crippen molar-refractivity contribution in [1.29, 1.82) is 0 Å². The van der Waals surface area contributed by atoms with E-state index in [0.717, 1.165) is 78.0 Å². The van der Waals surface area contributed by atoms with Crippen molar-refractivity contribution in [1.82, 2.24) is 20.0 Å². The van der Waals surface area contributed by atoms with Crippen LogP contribution in [-0.2, 0) is 4.74 Å². The van der Waals surface area contributed by atoms with Crippen molar-refractivity contribution in [3.05, 3.63) is 65.5 Å². The van der Waals surface area contributed by atoms with Crippen LogP contribution in [0.25, 0.3) is 22.0 Å². The van der Waals surface area contributed by atoms with Crippen molar-refractivity contribution < 1.29 is 14.4 Å². The maximum absolute atomic E-state index is 10.3. The van der Waals surface area contributed by atoms with Crippen molar-refractivity contribution in [3.63, 3.8) is 0 Å². The van der Waals surface area contributed by atoms with Crippen molar-refractivity contribution in [2.24, 2.45) is 0 Å². The van der Waals surface area contributed by atoms with Gasteiger partial charge in [-0.15, -0.1) is 0 Å². The van der Waals surface area contributed by atoms with Gasteiger partial charge in [0.05, 0.1) is 36.1 Å². The number of rotatable bonds is 6. The van der Waals surface area contributed by atoms with Gasteiger partial charge in [-0.25, -0.2) is 4.98 Å². The first-order valence-corrected chi connectivity index (χ1v) is 14.1. The zero-order chi connectivity index (χ0) is 27.9. The highest BCUT2D eigenvalue weighted by Crippen LogP contribution is 2.37. The molecule has 9 nitrogen and oxygen atoms in total. The van der Waals surface area contributed by atoms with Gasteiger partial charge in [0.1, 0.15) is 11.6 Å². The minimum Gasteiger partial charge on any atom is -0.389 e. The third-order valence-electron chi connectivity index (χ3n) is 7.84. The van der Waals surface area contributed by atoms with Crippen LogP contribution in [0.2, 0.25) is 0 Å². The molecule has 1 unspecified atom stereocenters. The Kier molecular flexibility index (Phi) is 7.20. The first-order chi connectivity index (χ1) is 19.3. The van der Waals surface area contributed by atoms with Gasteiger partial charge in [-0.05, 0) is 51.0 Å². The Morgan fingerprint density at radius 1 is 0.975 bits per heavy atom. The largest absolute Gasteiger partial charge is 0.389 e. The molecule has 9 heteroatoms. The van der Waals surface area contributed by atoms with Gasteiger partial charge in [0.15, 0.2) is 0 Å². The number of anilines is 2. The lowest BCUT2D eigenvalue weighted by Crippen LogP contribution is -2.51. The fraction of sp³-hybridized carbons (Fsp3) is 0.452. The van der Waals surface area contributed by atoms with Crippen LogP contribution < -0.4 is 9.80 Å². The molecule has 2 aromatic heterocycles. The lowest BCUT2D eigenvalue weighted by Gasteiger charge is -2.39. The third-order valence-corrected chi connectivity index (χ3v) is 7.84. The van der Waals surface area contributed by atoms with Crippen LogP contribution in [0.5, 0.6) is 0 Å². The van der Waals surface area contributed by atoms with Crippen molar-refractivity contribution in [2.75, 3.05) is 62.3 Å². The molecular weight excluding hydrogens is 504 g/mol. The lowest BCUT2D eigenvalue weighted by molar-refractivity contribution is 0.0344. The zero-order valence-electron chi connectivity index (χ0n) is 23.8. The summed E-state index contributed by atoms with van der Waals surface area (Å²) in [5.74, 6) is 2.46. The SMILES string of the molecule is Cc1noc(C)c1-c1ccc2nc(N3CCN(CC(C)(C)O)CC3)nc(N3CCOCC3c3ccccc3)c2c1. The summed E-state index contributed by atoms with van der Waals surface area (Å²) >= 11 is 0. The summed E-state index contributed by atoms with van der Waals surface area (Å²) in [6, 6.07) is 16.9. The second-order valence-corrected chi connectivity index (χ2v) is 11.5. The monoisotopic (exact) mass is 542 g/mol. The summed E-state index contributed by atoms with van der Waals surface area (Å²) in [7, 11) is 0. The number of piperazine rings is 1. The highest BCUT2D eigenvalue weighted by atomic mass is 16.5. The Balaban J connectivity index is 1.43. The number of hydrogen-bond acceptors (Lipinski definition) is 9. The van der Waals surface area contributed by atoms with E-state index in [-0.39, 0.29) is 6.04 Å². The van der Waals surface area contributed by atoms with Crippen molar-refractivity contribution in [2.45, 2.75) is 39.3 Å². The van der Waals surface area contributed by atoms with Crippen LogP contribution >= 0.6 is 0 Å². The zero-order valence-corrected chi connectivity index (χ0v) is 23.8. The predicted octanol–water partition coefficient (Wildman–Crippen LogP) is 4.37. The quantitative estimate of drug-likeness (QED) is 0.381. The molecule has 0 spiro atoms. The minimum atomic E-state index is -0.712. The van der Waals surface area contributed by atoms with E-state index in [1.54, 1.807) is 0 Å². The minimum absolute atomic E-state index is 0.0484. The molecule has 2 saturated heterocycles. The first-order valence-electron chi connectivity index (χ1n) is 14.1. The smallest absolute Gasteiger partial charge is 0.227 e. The molecule has 2 aliphatic rings. The van der Waals surface area contributed by atoms with E-state index in [4.69, 9.17) is 19.2 Å². The molecule has 4 aromatic rings. The number of aliphatic hydroxyl groups is 1. The van der Waals surface area contributed by atoms with Gasteiger partial charge < -0.3 is 24.2 Å². The number of benzene rings is 2. The Labute approximate surface area is 235 Å². The Morgan fingerprint density at radius 2 is 1.75 bits per heavy atom. The molecule has 40 heavy (non-hydrogen) atoms. The number of aryl methyl sites for hydroxylation is 2. The van der Waals surface area contributed by atoms with Gasteiger partial charge in [-0.1, -0.05) is 41.6 Å². The summed E-state index contributed by atoms with van der Waals surface area (Å²) in [5.41, 5.74) is 4.34.